The van der Waals surface area contributed by atoms with E-state index in [9.17, 15) is 19.6 Å². The number of esters is 1. The predicted molar refractivity (Wildman–Crippen MR) is 109 cm³/mol. The van der Waals surface area contributed by atoms with Gasteiger partial charge in [-0.15, -0.1) is 0 Å². The van der Waals surface area contributed by atoms with Crippen molar-refractivity contribution in [3.8, 4) is 6.07 Å². The molecule has 0 fully saturated rings. The maximum absolute atomic E-state index is 13.7. The third-order valence-electron chi connectivity index (χ3n) is 5.19. The molecule has 0 radical (unpaired) electrons. The van der Waals surface area contributed by atoms with E-state index in [1.807, 2.05) is 6.07 Å². The Morgan fingerprint density at radius 2 is 1.84 bits per heavy atom. The molecular formula is C23H17N3O5. The van der Waals surface area contributed by atoms with Crippen LogP contribution in [0, 0.1) is 11.3 Å². The van der Waals surface area contributed by atoms with Crippen LogP contribution in [0.4, 0.5) is 5.69 Å². The summed E-state index contributed by atoms with van der Waals surface area (Å²) in [7, 11) is 0. The Kier molecular flexibility index (Phi) is 4.79. The van der Waals surface area contributed by atoms with Crippen LogP contribution in [0.15, 0.2) is 77.4 Å². The Labute approximate surface area is 177 Å². The summed E-state index contributed by atoms with van der Waals surface area (Å²) in [5, 5.41) is 12.6. The van der Waals surface area contributed by atoms with Crippen LogP contribution in [-0.4, -0.2) is 24.3 Å². The lowest BCUT2D eigenvalue weighted by molar-refractivity contribution is -0.142. The first kappa shape index (κ1) is 19.9. The number of para-hydroxylation sites is 1. The molecule has 2 aliphatic heterocycles. The molecule has 2 heterocycles. The third-order valence-corrected chi connectivity index (χ3v) is 5.19. The highest BCUT2D eigenvalue weighted by Gasteiger charge is 2.60. The van der Waals surface area contributed by atoms with Gasteiger partial charge in [-0.3, -0.25) is 9.59 Å². The number of hydrogen-bond donors (Lipinski definition) is 2. The lowest BCUT2D eigenvalue weighted by atomic mass is 9.66. The minimum absolute atomic E-state index is 0.00299. The van der Waals surface area contributed by atoms with Crippen molar-refractivity contribution >= 4 is 23.3 Å². The molecule has 2 aromatic carbocycles. The number of hydrogen-bond acceptors (Lipinski definition) is 7. The summed E-state index contributed by atoms with van der Waals surface area (Å²) >= 11 is 0. The number of nitrogens with zero attached hydrogens (tertiary/aromatic N) is 1. The molecule has 0 aromatic heterocycles. The fraction of sp³-hybridized carbons (Fsp3) is 0.130. The molecule has 1 amide bonds. The summed E-state index contributed by atoms with van der Waals surface area (Å²) in [4.78, 5) is 39.9. The van der Waals surface area contributed by atoms with Crippen LogP contribution in [0.25, 0.3) is 0 Å². The van der Waals surface area contributed by atoms with Gasteiger partial charge in [0, 0.05) is 16.8 Å². The molecule has 0 saturated carbocycles. The van der Waals surface area contributed by atoms with Gasteiger partial charge >= 0.3 is 5.97 Å². The Morgan fingerprint density at radius 3 is 2.52 bits per heavy atom. The molecule has 0 unspecified atom stereocenters. The Morgan fingerprint density at radius 1 is 1.16 bits per heavy atom. The van der Waals surface area contributed by atoms with Crippen LogP contribution in [0.1, 0.15) is 22.8 Å². The van der Waals surface area contributed by atoms with Crippen molar-refractivity contribution in [2.75, 3.05) is 11.9 Å². The Balaban J connectivity index is 2.11. The normalized spacial score (nSPS) is 19.4. The molecule has 1 atom stereocenters. The number of anilines is 1. The van der Waals surface area contributed by atoms with E-state index in [0.29, 0.717) is 11.3 Å². The van der Waals surface area contributed by atoms with Gasteiger partial charge in [0.2, 0.25) is 17.5 Å². The quantitative estimate of drug-likeness (QED) is 0.578. The maximum Gasteiger partial charge on any atom is 0.374 e. The Hall–Kier alpha value is -4.38. The van der Waals surface area contributed by atoms with Crippen molar-refractivity contribution in [1.29, 1.82) is 5.26 Å². The van der Waals surface area contributed by atoms with E-state index >= 15 is 0 Å². The fourth-order valence-electron chi connectivity index (χ4n) is 3.93. The average molecular weight is 415 g/mol. The molecule has 1 spiro atoms. The van der Waals surface area contributed by atoms with Crippen molar-refractivity contribution in [2.24, 2.45) is 5.73 Å². The van der Waals surface area contributed by atoms with Gasteiger partial charge < -0.3 is 20.5 Å². The highest BCUT2D eigenvalue weighted by atomic mass is 16.6. The first-order valence-corrected chi connectivity index (χ1v) is 9.47. The summed E-state index contributed by atoms with van der Waals surface area (Å²) in [6.45, 7) is 1.59. The van der Waals surface area contributed by atoms with E-state index in [2.05, 4.69) is 5.32 Å². The molecular weight excluding hydrogens is 398 g/mol. The minimum Gasteiger partial charge on any atom is -0.460 e. The smallest absolute Gasteiger partial charge is 0.374 e. The highest BCUT2D eigenvalue weighted by Crippen LogP contribution is 2.52. The molecule has 0 saturated heterocycles. The second kappa shape index (κ2) is 7.46. The zero-order chi connectivity index (χ0) is 22.2. The van der Waals surface area contributed by atoms with Crippen molar-refractivity contribution < 1.29 is 23.9 Å². The lowest BCUT2D eigenvalue weighted by Crippen LogP contribution is -2.46. The predicted octanol–water partition coefficient (Wildman–Crippen LogP) is 2.30. The number of benzene rings is 2. The number of Topliss-reactive ketones (excluding diaryl/α,β-unsaturated/α-hetero) is 1. The molecule has 31 heavy (non-hydrogen) atoms. The van der Waals surface area contributed by atoms with Crippen LogP contribution in [0.3, 0.4) is 0 Å². The molecule has 154 valence electrons. The number of nitrogens with one attached hydrogen (secondary N) is 1. The molecule has 2 aromatic rings. The average Bonchev–Trinajstić information content (AvgIpc) is 3.06. The van der Waals surface area contributed by atoms with Crippen molar-refractivity contribution in [1.82, 2.24) is 0 Å². The SMILES string of the molecule is CCOC(=O)C1=C(C(=O)c2ccccc2)[C@]2(C(=O)Nc3ccccc32)C(C#N)=C(N)O1. The van der Waals surface area contributed by atoms with Gasteiger partial charge in [-0.2, -0.15) is 5.26 Å². The summed E-state index contributed by atoms with van der Waals surface area (Å²) in [5.74, 6) is -3.26. The summed E-state index contributed by atoms with van der Waals surface area (Å²) in [6, 6.07) is 16.6. The number of carbonyl (C=O) groups excluding carboxylic acids is 3. The number of nitriles is 1. The first-order chi connectivity index (χ1) is 15.0. The van der Waals surface area contributed by atoms with Crippen LogP contribution in [0.5, 0.6) is 0 Å². The number of amides is 1. The number of carbonyl (C=O) groups is 3. The number of nitrogens with two attached hydrogens (primary N) is 1. The fourth-order valence-corrected chi connectivity index (χ4v) is 3.93. The van der Waals surface area contributed by atoms with E-state index in [-0.39, 0.29) is 23.3 Å². The Bertz CT molecular complexity index is 1220. The van der Waals surface area contributed by atoms with E-state index in [4.69, 9.17) is 15.2 Å². The molecule has 8 nitrogen and oxygen atoms in total. The van der Waals surface area contributed by atoms with Crippen molar-refractivity contribution in [3.05, 3.63) is 88.5 Å². The van der Waals surface area contributed by atoms with E-state index in [1.54, 1.807) is 49.4 Å². The number of rotatable bonds is 4. The lowest BCUT2D eigenvalue weighted by Gasteiger charge is -2.34. The third kappa shape index (κ3) is 2.79. The van der Waals surface area contributed by atoms with Gasteiger partial charge in [0.1, 0.15) is 17.1 Å². The highest BCUT2D eigenvalue weighted by molar-refractivity contribution is 6.24. The first-order valence-electron chi connectivity index (χ1n) is 9.47. The minimum atomic E-state index is -1.96. The zero-order valence-electron chi connectivity index (χ0n) is 16.5. The van der Waals surface area contributed by atoms with Crippen LogP contribution in [-0.2, 0) is 24.5 Å². The molecule has 0 bridgehead atoms. The van der Waals surface area contributed by atoms with E-state index in [0.717, 1.165) is 0 Å². The number of ether oxygens (including phenoxy) is 2. The standard InChI is InChI=1S/C23H17N3O5/c1-2-30-21(28)19-17(18(27)13-8-4-3-5-9-13)23(15(12-24)20(25)31-19)14-10-6-7-11-16(14)26-22(23)29/h3-11H,2,25H2,1H3,(H,26,29)/t23-/m1/s1. The largest absolute Gasteiger partial charge is 0.460 e. The topological polar surface area (TPSA) is 132 Å². The van der Waals surface area contributed by atoms with E-state index < -0.39 is 34.7 Å². The van der Waals surface area contributed by atoms with E-state index in [1.165, 1.54) is 12.1 Å². The summed E-state index contributed by atoms with van der Waals surface area (Å²) in [6.07, 6.45) is 0. The van der Waals surface area contributed by atoms with Crippen molar-refractivity contribution in [3.63, 3.8) is 0 Å². The second-order valence-corrected chi connectivity index (χ2v) is 6.82. The number of ketones is 1. The van der Waals surface area contributed by atoms with Gasteiger partial charge in [-0.1, -0.05) is 48.5 Å². The monoisotopic (exact) mass is 415 g/mol. The van der Waals surface area contributed by atoms with Gasteiger partial charge in [-0.25, -0.2) is 4.79 Å². The molecule has 0 aliphatic carbocycles. The second-order valence-electron chi connectivity index (χ2n) is 6.82. The molecule has 2 aliphatic rings. The van der Waals surface area contributed by atoms with Gasteiger partial charge in [0.25, 0.3) is 0 Å². The van der Waals surface area contributed by atoms with Crippen LogP contribution in [0.2, 0.25) is 0 Å². The number of fused-ring (bicyclic) bond motifs is 2. The van der Waals surface area contributed by atoms with Gasteiger partial charge in [0.05, 0.1) is 12.2 Å². The van der Waals surface area contributed by atoms with Crippen molar-refractivity contribution in [2.45, 2.75) is 12.3 Å². The molecule has 3 N–H and O–H groups in total. The summed E-state index contributed by atoms with van der Waals surface area (Å²) < 4.78 is 10.5. The zero-order valence-corrected chi connectivity index (χ0v) is 16.5. The molecule has 4 rings (SSSR count). The maximum atomic E-state index is 13.7. The van der Waals surface area contributed by atoms with Crippen LogP contribution >= 0.6 is 0 Å². The van der Waals surface area contributed by atoms with Gasteiger partial charge in [-0.05, 0) is 13.0 Å². The summed E-state index contributed by atoms with van der Waals surface area (Å²) in [5.41, 5.74) is 4.37. The molecule has 8 heteroatoms. The van der Waals surface area contributed by atoms with Gasteiger partial charge in [0.15, 0.2) is 5.78 Å². The van der Waals surface area contributed by atoms with Crippen LogP contribution < -0.4 is 11.1 Å².